The molecule has 0 aromatic heterocycles. The van der Waals surface area contributed by atoms with Crippen molar-refractivity contribution in [2.75, 3.05) is 5.32 Å². The Morgan fingerprint density at radius 1 is 0.593 bits per heavy atom. The number of phenols is 1. The molecule has 16 nitrogen and oxygen atoms in total. The number of amides is 1. The number of anilines is 1. The van der Waals surface area contributed by atoms with E-state index in [0.29, 0.717) is 34.3 Å². The van der Waals surface area contributed by atoms with Gasteiger partial charge in [0.25, 0.3) is 36.3 Å². The second-order valence-corrected chi connectivity index (χ2v) is 15.6. The topological polar surface area (TPSA) is 262 Å². The number of hydrogen-bond acceptors (Lipinski definition) is 12. The molecule has 0 fully saturated rings. The fraction of sp³-hybridized carbons (Fsp3) is 0.0294. The first-order chi connectivity index (χ1) is 24.9. The van der Waals surface area contributed by atoms with Crippen molar-refractivity contribution >= 4 is 86.2 Å². The normalized spacial score (nSPS) is 12.4. The summed E-state index contributed by atoms with van der Waals surface area (Å²) in [4.78, 5) is 11.1. The molecule has 6 aromatic rings. The summed E-state index contributed by atoms with van der Waals surface area (Å²) in [6, 6.07) is 23.5. The summed E-state index contributed by atoms with van der Waals surface area (Å²) < 4.78 is 99.1. The minimum Gasteiger partial charge on any atom is -0.505 e. The van der Waals surface area contributed by atoms with E-state index in [2.05, 4.69) is 25.8 Å². The van der Waals surface area contributed by atoms with Crippen molar-refractivity contribution in [1.82, 2.24) is 0 Å². The van der Waals surface area contributed by atoms with Crippen LogP contribution in [0.15, 0.2) is 138 Å². The van der Waals surface area contributed by atoms with Crippen molar-refractivity contribution < 1.29 is 78.4 Å². The summed E-state index contributed by atoms with van der Waals surface area (Å²) in [5.74, 6) is -0.773. The van der Waals surface area contributed by atoms with Crippen LogP contribution in [0.1, 0.15) is 15.9 Å². The molecule has 270 valence electrons. The van der Waals surface area contributed by atoms with Crippen molar-refractivity contribution in [3.63, 3.8) is 0 Å². The first-order valence-corrected chi connectivity index (χ1v) is 19.3. The van der Waals surface area contributed by atoms with Crippen LogP contribution >= 0.6 is 0 Å². The standard InChI is InChI=1S/C34H25N5O11S3.Na/c1-19-15-23(11-13-29(19)38-37-24-10-7-21-16-25(51(42,43)44)18-32(28(21)17-24)53(48,49)50)35-34(41)20-5-8-22(9-6-20)36-39-30-14-12-26-27(33(30)40)3-2-4-31(26)52(45,46)47;/h2-18,40H,1H3,(H,35,41)(H,42,43,44)(H,45,46,47)(H,48,49,50);/q;+1. The third-order valence-electron chi connectivity index (χ3n) is 7.83. The van der Waals surface area contributed by atoms with Crippen LogP contribution in [0.25, 0.3) is 21.5 Å². The van der Waals surface area contributed by atoms with E-state index in [1.165, 1.54) is 72.8 Å². The van der Waals surface area contributed by atoms with Crippen molar-refractivity contribution in [3.8, 4) is 5.75 Å². The smallest absolute Gasteiger partial charge is 0.505 e. The first kappa shape index (κ1) is 40.2. The molecule has 0 aliphatic carbocycles. The molecule has 5 N–H and O–H groups in total. The number of hydrogen-bond donors (Lipinski definition) is 5. The summed E-state index contributed by atoms with van der Waals surface area (Å²) in [6.07, 6.45) is 0. The molecular weight excluding hydrogens is 774 g/mol. The van der Waals surface area contributed by atoms with Gasteiger partial charge in [-0.25, -0.2) is 0 Å². The number of aromatic hydroxyl groups is 1. The van der Waals surface area contributed by atoms with Crippen molar-refractivity contribution in [2.24, 2.45) is 20.5 Å². The Morgan fingerprint density at radius 3 is 1.87 bits per heavy atom. The van der Waals surface area contributed by atoms with Crippen LogP contribution in [-0.2, 0) is 30.4 Å². The van der Waals surface area contributed by atoms with Crippen LogP contribution in [0.5, 0.6) is 5.75 Å². The molecule has 0 aliphatic rings. The number of fused-ring (bicyclic) bond motifs is 2. The number of nitrogens with zero attached hydrogens (tertiary/aromatic N) is 4. The van der Waals surface area contributed by atoms with Crippen LogP contribution in [0.4, 0.5) is 28.4 Å². The van der Waals surface area contributed by atoms with Gasteiger partial charge in [0.05, 0.1) is 22.0 Å². The summed E-state index contributed by atoms with van der Waals surface area (Å²) in [5.41, 5.74) is 2.33. The molecule has 0 unspecified atom stereocenters. The molecule has 1 amide bonds. The number of aryl methyl sites for hydroxylation is 1. The summed E-state index contributed by atoms with van der Waals surface area (Å²) in [7, 11) is -14.2. The second-order valence-electron chi connectivity index (χ2n) is 11.4. The molecule has 6 aromatic carbocycles. The van der Waals surface area contributed by atoms with E-state index in [4.69, 9.17) is 0 Å². The van der Waals surface area contributed by atoms with E-state index >= 15 is 0 Å². The van der Waals surface area contributed by atoms with Gasteiger partial charge in [-0.05, 0) is 96.7 Å². The van der Waals surface area contributed by atoms with Gasteiger partial charge in [-0.15, -0.1) is 5.11 Å². The van der Waals surface area contributed by atoms with Gasteiger partial charge >= 0.3 is 29.6 Å². The predicted molar refractivity (Wildman–Crippen MR) is 193 cm³/mol. The molecule has 0 saturated heterocycles. The largest absolute Gasteiger partial charge is 1.00 e. The summed E-state index contributed by atoms with van der Waals surface area (Å²) >= 11 is 0. The third kappa shape index (κ3) is 8.87. The van der Waals surface area contributed by atoms with Crippen LogP contribution in [-0.4, -0.2) is 49.9 Å². The zero-order chi connectivity index (χ0) is 38.3. The molecule has 0 aliphatic heterocycles. The molecule has 6 rings (SSSR count). The maximum Gasteiger partial charge on any atom is 1.00 e. The maximum atomic E-state index is 13.0. The number of azo groups is 2. The zero-order valence-electron chi connectivity index (χ0n) is 28.0. The van der Waals surface area contributed by atoms with E-state index in [1.54, 1.807) is 25.1 Å². The average molecular weight is 799 g/mol. The number of rotatable bonds is 9. The van der Waals surface area contributed by atoms with E-state index in [0.717, 1.165) is 6.07 Å². The molecule has 0 bridgehead atoms. The van der Waals surface area contributed by atoms with E-state index in [-0.39, 0.29) is 73.1 Å². The fourth-order valence-electron chi connectivity index (χ4n) is 5.27. The number of carbonyl (C=O) groups is 1. The second kappa shape index (κ2) is 15.4. The Labute approximate surface area is 329 Å². The molecule has 20 heteroatoms. The van der Waals surface area contributed by atoms with Crippen LogP contribution in [0, 0.1) is 6.92 Å². The van der Waals surface area contributed by atoms with Crippen molar-refractivity contribution in [1.29, 1.82) is 0 Å². The van der Waals surface area contributed by atoms with Crippen LogP contribution in [0.3, 0.4) is 0 Å². The van der Waals surface area contributed by atoms with Gasteiger partial charge in [0.15, 0.2) is 5.75 Å². The van der Waals surface area contributed by atoms with E-state index in [1.807, 2.05) is 0 Å². The Bertz CT molecular complexity index is 2890. The maximum absolute atomic E-state index is 13.0. The molecule has 0 spiro atoms. The average Bonchev–Trinajstić information content (AvgIpc) is 3.09. The molecule has 0 saturated carbocycles. The zero-order valence-corrected chi connectivity index (χ0v) is 32.4. The Balaban J connectivity index is 0.00000561. The number of carbonyl (C=O) groups excluding carboxylic acids is 1. The SMILES string of the molecule is Cc1cc(NC(=O)c2ccc(N=Nc3ccc4c(S(=O)(=O)O)cccc4c3O)cc2)ccc1N=Nc1ccc2cc(S(=O)(=O)O)cc(S(=O)(=O)O)c2c1.[Na+]. The Kier molecular flexibility index (Phi) is 11.5. The Hall–Kier alpha value is -4.96. The van der Waals surface area contributed by atoms with Crippen LogP contribution in [0.2, 0.25) is 0 Å². The van der Waals surface area contributed by atoms with Gasteiger partial charge in [-0.1, -0.05) is 24.3 Å². The Morgan fingerprint density at radius 2 is 1.22 bits per heavy atom. The van der Waals surface area contributed by atoms with Crippen molar-refractivity contribution in [3.05, 3.63) is 114 Å². The molecule has 0 radical (unpaired) electrons. The minimum atomic E-state index is -4.89. The van der Waals surface area contributed by atoms with E-state index < -0.39 is 46.1 Å². The fourth-order valence-corrected chi connectivity index (χ4v) is 7.32. The third-order valence-corrected chi connectivity index (χ3v) is 10.5. The minimum absolute atomic E-state index is 0. The molecule has 0 heterocycles. The van der Waals surface area contributed by atoms with Gasteiger partial charge in [0.2, 0.25) is 0 Å². The number of nitrogens with one attached hydrogen (secondary N) is 1. The first-order valence-electron chi connectivity index (χ1n) is 15.0. The number of phenolic OH excluding ortho intramolecular Hbond substituents is 1. The quantitative estimate of drug-likeness (QED) is 0.0751. The number of benzene rings is 6. The predicted octanol–water partition coefficient (Wildman–Crippen LogP) is 4.83. The van der Waals surface area contributed by atoms with E-state index in [9.17, 15) is 48.8 Å². The van der Waals surface area contributed by atoms with Gasteiger partial charge in [-0.2, -0.15) is 40.6 Å². The van der Waals surface area contributed by atoms with Gasteiger partial charge in [0.1, 0.15) is 15.5 Å². The molecule has 54 heavy (non-hydrogen) atoms. The molecule has 0 atom stereocenters. The summed E-state index contributed by atoms with van der Waals surface area (Å²) in [5, 5.41) is 30.2. The van der Waals surface area contributed by atoms with Gasteiger partial charge in [0, 0.05) is 27.4 Å². The summed E-state index contributed by atoms with van der Waals surface area (Å²) in [6.45, 7) is 1.72. The molecular formula is C34H25N5NaO11S3+. The van der Waals surface area contributed by atoms with Gasteiger partial charge < -0.3 is 10.4 Å². The van der Waals surface area contributed by atoms with Gasteiger partial charge in [-0.3, -0.25) is 18.5 Å². The monoisotopic (exact) mass is 798 g/mol. The van der Waals surface area contributed by atoms with Crippen molar-refractivity contribution in [2.45, 2.75) is 21.6 Å². The van der Waals surface area contributed by atoms with Crippen LogP contribution < -0.4 is 34.9 Å².